The van der Waals surface area contributed by atoms with E-state index in [1.54, 1.807) is 0 Å². The number of ether oxygens (including phenoxy) is 1. The van der Waals surface area contributed by atoms with Crippen molar-refractivity contribution in [3.63, 3.8) is 0 Å². The molecule has 1 aliphatic heterocycles. The third kappa shape index (κ3) is 2.49. The summed E-state index contributed by atoms with van der Waals surface area (Å²) >= 11 is 3.49. The molecular weight excluding hydrogens is 242 g/mol. The lowest BCUT2D eigenvalue weighted by atomic mass is 10.3. The maximum Gasteiger partial charge on any atom is 0.0641 e. The fraction of sp³-hybridized carbons (Fsp3) is 0.455. The predicted molar refractivity (Wildman–Crippen MR) is 61.8 cm³/mol. The molecule has 0 atom stereocenters. The summed E-state index contributed by atoms with van der Waals surface area (Å²) in [5.74, 6) is 0. The van der Waals surface area contributed by atoms with Gasteiger partial charge in [0.1, 0.15) is 0 Å². The average Bonchev–Trinajstić information content (AvgIpc) is 2.45. The Kier molecular flexibility index (Phi) is 3.43. The largest absolute Gasteiger partial charge is 0.380 e. The third-order valence-electron chi connectivity index (χ3n) is 2.40. The zero-order valence-corrected chi connectivity index (χ0v) is 9.66. The van der Waals surface area contributed by atoms with Gasteiger partial charge in [-0.3, -0.25) is 0 Å². The van der Waals surface area contributed by atoms with Crippen molar-refractivity contribution >= 4 is 21.6 Å². The molecule has 1 fully saturated rings. The van der Waals surface area contributed by atoms with Crippen molar-refractivity contribution in [2.45, 2.75) is 6.42 Å². The van der Waals surface area contributed by atoms with E-state index in [0.717, 1.165) is 37.2 Å². The van der Waals surface area contributed by atoms with Gasteiger partial charge in [-0.25, -0.2) is 0 Å². The summed E-state index contributed by atoms with van der Waals surface area (Å²) in [7, 11) is 0. The number of benzene rings is 1. The first-order valence-electron chi connectivity index (χ1n) is 4.94. The summed E-state index contributed by atoms with van der Waals surface area (Å²) in [5.41, 5.74) is 1.28. The van der Waals surface area contributed by atoms with E-state index in [1.807, 2.05) is 0 Å². The second kappa shape index (κ2) is 4.80. The summed E-state index contributed by atoms with van der Waals surface area (Å²) in [4.78, 5) is 2.37. The molecule has 14 heavy (non-hydrogen) atoms. The molecule has 1 aliphatic rings. The molecule has 0 aromatic heterocycles. The van der Waals surface area contributed by atoms with Gasteiger partial charge in [0, 0.05) is 29.9 Å². The summed E-state index contributed by atoms with van der Waals surface area (Å²) in [5, 5.41) is 0. The van der Waals surface area contributed by atoms with Gasteiger partial charge in [0.25, 0.3) is 0 Å². The topological polar surface area (TPSA) is 12.5 Å². The highest BCUT2D eigenvalue weighted by atomic mass is 79.9. The van der Waals surface area contributed by atoms with E-state index in [-0.39, 0.29) is 0 Å². The molecule has 2 rings (SSSR count). The summed E-state index contributed by atoms with van der Waals surface area (Å²) in [6.07, 6.45) is 1.12. The average molecular weight is 256 g/mol. The van der Waals surface area contributed by atoms with Crippen molar-refractivity contribution in [2.75, 3.05) is 31.2 Å². The van der Waals surface area contributed by atoms with Gasteiger partial charge in [-0.15, -0.1) is 0 Å². The van der Waals surface area contributed by atoms with E-state index in [1.165, 1.54) is 5.69 Å². The fourth-order valence-corrected chi connectivity index (χ4v) is 2.06. The SMILES string of the molecule is Brc1cccc(N2CCCOCC2)c1. The second-order valence-corrected chi connectivity index (χ2v) is 4.35. The molecule has 1 saturated heterocycles. The Balaban J connectivity index is 2.12. The summed E-state index contributed by atoms with van der Waals surface area (Å²) < 4.78 is 6.56. The number of anilines is 1. The maximum absolute atomic E-state index is 5.42. The molecule has 0 radical (unpaired) electrons. The van der Waals surface area contributed by atoms with Crippen molar-refractivity contribution < 1.29 is 4.74 Å². The van der Waals surface area contributed by atoms with Gasteiger partial charge in [0.05, 0.1) is 6.61 Å². The minimum atomic E-state index is 0.840. The molecule has 0 spiro atoms. The minimum Gasteiger partial charge on any atom is -0.380 e. The van der Waals surface area contributed by atoms with E-state index in [4.69, 9.17) is 4.74 Å². The first kappa shape index (κ1) is 9.99. The normalized spacial score (nSPS) is 17.9. The number of nitrogens with zero attached hydrogens (tertiary/aromatic N) is 1. The highest BCUT2D eigenvalue weighted by Gasteiger charge is 2.09. The van der Waals surface area contributed by atoms with E-state index in [2.05, 4.69) is 45.1 Å². The number of hydrogen-bond donors (Lipinski definition) is 0. The molecule has 1 heterocycles. The second-order valence-electron chi connectivity index (χ2n) is 3.43. The number of rotatable bonds is 1. The quantitative estimate of drug-likeness (QED) is 0.766. The molecule has 0 unspecified atom stereocenters. The van der Waals surface area contributed by atoms with Crippen LogP contribution < -0.4 is 4.90 Å². The molecule has 0 bridgehead atoms. The molecule has 3 heteroatoms. The lowest BCUT2D eigenvalue weighted by Gasteiger charge is -2.21. The zero-order chi connectivity index (χ0) is 9.80. The highest BCUT2D eigenvalue weighted by Crippen LogP contribution is 2.20. The first-order chi connectivity index (χ1) is 6.86. The van der Waals surface area contributed by atoms with E-state index < -0.39 is 0 Å². The highest BCUT2D eigenvalue weighted by molar-refractivity contribution is 9.10. The van der Waals surface area contributed by atoms with Crippen LogP contribution in [-0.2, 0) is 4.74 Å². The van der Waals surface area contributed by atoms with Crippen molar-refractivity contribution in [3.05, 3.63) is 28.7 Å². The smallest absolute Gasteiger partial charge is 0.0641 e. The van der Waals surface area contributed by atoms with Crippen LogP contribution in [0.4, 0.5) is 5.69 Å². The van der Waals surface area contributed by atoms with Crippen LogP contribution in [0.5, 0.6) is 0 Å². The van der Waals surface area contributed by atoms with Gasteiger partial charge in [0.2, 0.25) is 0 Å². The Labute approximate surface area is 93.0 Å². The van der Waals surface area contributed by atoms with Crippen molar-refractivity contribution in [1.82, 2.24) is 0 Å². The van der Waals surface area contributed by atoms with Crippen LogP contribution >= 0.6 is 15.9 Å². The van der Waals surface area contributed by atoms with Crippen LogP contribution in [0.25, 0.3) is 0 Å². The Bertz CT molecular complexity index is 295. The fourth-order valence-electron chi connectivity index (χ4n) is 1.68. The number of hydrogen-bond acceptors (Lipinski definition) is 2. The minimum absolute atomic E-state index is 0.840. The van der Waals surface area contributed by atoms with E-state index in [9.17, 15) is 0 Å². The monoisotopic (exact) mass is 255 g/mol. The molecule has 1 aromatic carbocycles. The molecule has 0 amide bonds. The molecule has 0 saturated carbocycles. The maximum atomic E-state index is 5.42. The third-order valence-corrected chi connectivity index (χ3v) is 2.89. The van der Waals surface area contributed by atoms with Gasteiger partial charge in [0.15, 0.2) is 0 Å². The lowest BCUT2D eigenvalue weighted by molar-refractivity contribution is 0.152. The standard InChI is InChI=1S/C11H14BrNO/c12-10-3-1-4-11(9-10)13-5-2-7-14-8-6-13/h1,3-4,9H,2,5-8H2. The van der Waals surface area contributed by atoms with Gasteiger partial charge in [-0.1, -0.05) is 22.0 Å². The van der Waals surface area contributed by atoms with Gasteiger partial charge < -0.3 is 9.64 Å². The first-order valence-corrected chi connectivity index (χ1v) is 5.74. The van der Waals surface area contributed by atoms with Crippen molar-refractivity contribution in [2.24, 2.45) is 0 Å². The Morgan fingerprint density at radius 1 is 1.21 bits per heavy atom. The summed E-state index contributed by atoms with van der Waals surface area (Å²) in [6, 6.07) is 8.43. The predicted octanol–water partition coefficient (Wildman–Crippen LogP) is 2.68. The number of halogens is 1. The molecule has 1 aromatic rings. The lowest BCUT2D eigenvalue weighted by Crippen LogP contribution is -2.25. The zero-order valence-electron chi connectivity index (χ0n) is 8.08. The van der Waals surface area contributed by atoms with Gasteiger partial charge in [-0.2, -0.15) is 0 Å². The molecule has 2 nitrogen and oxygen atoms in total. The molecule has 76 valence electrons. The van der Waals surface area contributed by atoms with Gasteiger partial charge in [-0.05, 0) is 24.6 Å². The molecule has 0 aliphatic carbocycles. The Morgan fingerprint density at radius 2 is 2.14 bits per heavy atom. The molecular formula is C11H14BrNO. The van der Waals surface area contributed by atoms with Crippen molar-refractivity contribution in [1.29, 1.82) is 0 Å². The summed E-state index contributed by atoms with van der Waals surface area (Å²) in [6.45, 7) is 3.82. The Hall–Kier alpha value is -0.540. The van der Waals surface area contributed by atoms with E-state index in [0.29, 0.717) is 0 Å². The van der Waals surface area contributed by atoms with Gasteiger partial charge >= 0.3 is 0 Å². The van der Waals surface area contributed by atoms with E-state index >= 15 is 0 Å². The van der Waals surface area contributed by atoms with Crippen molar-refractivity contribution in [3.8, 4) is 0 Å². The van der Waals surface area contributed by atoms with Crippen LogP contribution in [0.2, 0.25) is 0 Å². The van der Waals surface area contributed by atoms with Crippen LogP contribution in [0.3, 0.4) is 0 Å². The molecule has 0 N–H and O–H groups in total. The van der Waals surface area contributed by atoms with Crippen LogP contribution in [-0.4, -0.2) is 26.3 Å². The van der Waals surface area contributed by atoms with Crippen LogP contribution in [0.15, 0.2) is 28.7 Å². The van der Waals surface area contributed by atoms with Crippen LogP contribution in [0, 0.1) is 0 Å². The van der Waals surface area contributed by atoms with Crippen LogP contribution in [0.1, 0.15) is 6.42 Å². The Morgan fingerprint density at radius 3 is 3.00 bits per heavy atom.